The van der Waals surface area contributed by atoms with E-state index >= 15 is 0 Å². The summed E-state index contributed by atoms with van der Waals surface area (Å²) < 4.78 is 59.2. The summed E-state index contributed by atoms with van der Waals surface area (Å²) in [7, 11) is -5.86. The molecule has 0 radical (unpaired) electrons. The Labute approximate surface area is 115 Å². The van der Waals surface area contributed by atoms with Crippen molar-refractivity contribution < 1.29 is 31.3 Å². The van der Waals surface area contributed by atoms with Crippen LogP contribution in [0.4, 0.5) is 8.78 Å². The third-order valence-corrected chi connectivity index (χ3v) is 3.65. The van der Waals surface area contributed by atoms with E-state index in [4.69, 9.17) is 4.55 Å². The van der Waals surface area contributed by atoms with E-state index in [2.05, 4.69) is 4.74 Å². The Bertz CT molecular complexity index is 580. The molecule has 0 bridgehead atoms. The van der Waals surface area contributed by atoms with Crippen LogP contribution in [0.25, 0.3) is 0 Å². The van der Waals surface area contributed by atoms with Gasteiger partial charge in [-0.05, 0) is 30.0 Å². The van der Waals surface area contributed by atoms with Crippen molar-refractivity contribution in [2.75, 3.05) is 0 Å². The Kier molecular flexibility index (Phi) is 4.82. The van der Waals surface area contributed by atoms with Crippen LogP contribution in [0, 0.1) is 0 Å². The number of hydrogen-bond acceptors (Lipinski definition) is 4. The Balaban J connectivity index is 2.87. The summed E-state index contributed by atoms with van der Waals surface area (Å²) in [5, 5.41) is -5.00. The van der Waals surface area contributed by atoms with E-state index in [1.807, 2.05) is 13.8 Å². The molecule has 1 atom stereocenters. The maximum atomic E-state index is 13.0. The summed E-state index contributed by atoms with van der Waals surface area (Å²) >= 11 is 0. The molecule has 0 heterocycles. The fraction of sp³-hybridized carbons (Fsp3) is 0.417. The summed E-state index contributed by atoms with van der Waals surface area (Å²) in [5.74, 6) is -2.33. The van der Waals surface area contributed by atoms with E-state index in [9.17, 15) is 22.0 Å². The predicted octanol–water partition coefficient (Wildman–Crippen LogP) is 2.59. The van der Waals surface area contributed by atoms with Crippen LogP contribution >= 0.6 is 0 Å². The largest absolute Gasteiger partial charge is 0.466 e. The monoisotopic (exact) mass is 308 g/mol. The highest BCUT2D eigenvalue weighted by atomic mass is 32.2. The Morgan fingerprint density at radius 3 is 2.25 bits per heavy atom. The van der Waals surface area contributed by atoms with Crippen molar-refractivity contribution in [2.24, 2.45) is 0 Å². The normalized spacial score (nSPS) is 13.8. The first-order chi connectivity index (χ1) is 9.09. The van der Waals surface area contributed by atoms with Crippen LogP contribution in [0.3, 0.4) is 0 Å². The lowest BCUT2D eigenvalue weighted by Gasteiger charge is -2.13. The smallest absolute Gasteiger partial charge is 0.421 e. The molecule has 5 nitrogen and oxygen atoms in total. The van der Waals surface area contributed by atoms with Gasteiger partial charge in [0.25, 0.3) is 0 Å². The van der Waals surface area contributed by atoms with Crippen molar-refractivity contribution >= 4 is 16.1 Å². The topological polar surface area (TPSA) is 80.7 Å². The van der Waals surface area contributed by atoms with Gasteiger partial charge in [0.1, 0.15) is 5.75 Å². The lowest BCUT2D eigenvalue weighted by atomic mass is 9.99. The minimum absolute atomic E-state index is 0.231. The van der Waals surface area contributed by atoms with Crippen LogP contribution in [0.15, 0.2) is 24.3 Å². The lowest BCUT2D eigenvalue weighted by Crippen LogP contribution is -2.40. The van der Waals surface area contributed by atoms with Gasteiger partial charge in [-0.2, -0.15) is 17.2 Å². The summed E-state index contributed by atoms with van der Waals surface area (Å²) in [6.07, 6.45) is 0.875. The third-order valence-electron chi connectivity index (χ3n) is 2.83. The molecule has 0 saturated heterocycles. The Morgan fingerprint density at radius 1 is 1.35 bits per heavy atom. The van der Waals surface area contributed by atoms with Gasteiger partial charge in [0.2, 0.25) is 0 Å². The van der Waals surface area contributed by atoms with E-state index in [1.165, 1.54) is 12.1 Å². The molecule has 112 valence electrons. The average molecular weight is 308 g/mol. The average Bonchev–Trinajstić information content (AvgIpc) is 2.37. The van der Waals surface area contributed by atoms with E-state index in [-0.39, 0.29) is 11.7 Å². The molecule has 1 N–H and O–H groups in total. The van der Waals surface area contributed by atoms with E-state index in [0.29, 0.717) is 0 Å². The van der Waals surface area contributed by atoms with Gasteiger partial charge in [0.15, 0.2) is 0 Å². The summed E-state index contributed by atoms with van der Waals surface area (Å²) in [4.78, 5) is 11.0. The second kappa shape index (κ2) is 5.84. The molecule has 0 fully saturated rings. The van der Waals surface area contributed by atoms with Crippen molar-refractivity contribution in [3.63, 3.8) is 0 Å². The molecule has 0 aliphatic heterocycles. The molecule has 1 rings (SSSR count). The van der Waals surface area contributed by atoms with Gasteiger partial charge in [0.05, 0.1) is 0 Å². The number of ether oxygens (including phenoxy) is 1. The minimum atomic E-state index is -5.86. The van der Waals surface area contributed by atoms with Gasteiger partial charge in [-0.1, -0.05) is 26.0 Å². The van der Waals surface area contributed by atoms with Crippen molar-refractivity contribution in [2.45, 2.75) is 31.4 Å². The molecule has 1 aromatic carbocycles. The number of esters is 1. The van der Waals surface area contributed by atoms with E-state index in [0.717, 1.165) is 12.0 Å². The number of carbonyl (C=O) groups excluding carboxylic acids is 1. The number of carbonyl (C=O) groups is 1. The SMILES string of the molecule is CCC(C)c1ccc(OC(=O)C(F)(F)S(=O)(=O)O)cc1. The number of alkyl halides is 2. The molecular formula is C12H14F2O5S. The Morgan fingerprint density at radius 2 is 1.85 bits per heavy atom. The van der Waals surface area contributed by atoms with Crippen molar-refractivity contribution in [3.05, 3.63) is 29.8 Å². The van der Waals surface area contributed by atoms with Crippen LogP contribution in [-0.4, -0.2) is 24.2 Å². The fourth-order valence-corrected chi connectivity index (χ4v) is 1.62. The molecule has 0 aliphatic rings. The number of halogens is 2. The molecule has 1 aromatic rings. The van der Waals surface area contributed by atoms with Crippen molar-refractivity contribution in [1.29, 1.82) is 0 Å². The maximum Gasteiger partial charge on any atom is 0.466 e. The number of hydrogen-bond donors (Lipinski definition) is 1. The molecule has 0 saturated carbocycles. The lowest BCUT2D eigenvalue weighted by molar-refractivity contribution is -0.151. The van der Waals surface area contributed by atoms with Gasteiger partial charge in [-0.25, -0.2) is 4.79 Å². The quantitative estimate of drug-likeness (QED) is 0.514. The van der Waals surface area contributed by atoms with Crippen LogP contribution in [-0.2, 0) is 14.9 Å². The summed E-state index contributed by atoms with van der Waals surface area (Å²) in [5.41, 5.74) is 0.925. The zero-order chi connectivity index (χ0) is 15.6. The van der Waals surface area contributed by atoms with Crippen molar-refractivity contribution in [3.8, 4) is 5.75 Å². The second-order valence-electron chi connectivity index (χ2n) is 4.26. The van der Waals surface area contributed by atoms with Gasteiger partial charge < -0.3 is 4.74 Å². The highest BCUT2D eigenvalue weighted by Crippen LogP contribution is 2.25. The minimum Gasteiger partial charge on any atom is -0.421 e. The molecule has 1 unspecified atom stereocenters. The van der Waals surface area contributed by atoms with Gasteiger partial charge >= 0.3 is 21.3 Å². The highest BCUT2D eigenvalue weighted by Gasteiger charge is 2.54. The maximum absolute atomic E-state index is 13.0. The van der Waals surface area contributed by atoms with Gasteiger partial charge in [-0.15, -0.1) is 0 Å². The summed E-state index contributed by atoms with van der Waals surface area (Å²) in [6.45, 7) is 3.94. The molecule has 0 aromatic heterocycles. The first kappa shape index (κ1) is 16.5. The molecular weight excluding hydrogens is 294 g/mol. The van der Waals surface area contributed by atoms with E-state index < -0.39 is 21.3 Å². The fourth-order valence-electron chi connectivity index (χ4n) is 1.37. The second-order valence-corrected chi connectivity index (χ2v) is 5.72. The first-order valence-corrected chi connectivity index (χ1v) is 7.20. The van der Waals surface area contributed by atoms with Crippen LogP contribution in [0.1, 0.15) is 31.7 Å². The first-order valence-electron chi connectivity index (χ1n) is 5.76. The molecule has 0 amide bonds. The van der Waals surface area contributed by atoms with Gasteiger partial charge in [0, 0.05) is 0 Å². The highest BCUT2D eigenvalue weighted by molar-refractivity contribution is 7.87. The third kappa shape index (κ3) is 3.51. The molecule has 8 heteroatoms. The molecule has 0 aliphatic carbocycles. The summed E-state index contributed by atoms with van der Waals surface area (Å²) in [6, 6.07) is 5.73. The zero-order valence-corrected chi connectivity index (χ0v) is 11.7. The zero-order valence-electron chi connectivity index (χ0n) is 10.8. The standard InChI is InChI=1S/C12H14F2O5S/c1-3-8(2)9-4-6-10(7-5-9)19-11(15)12(13,14)20(16,17)18/h4-8H,3H2,1-2H3,(H,16,17,18). The number of benzene rings is 1. The van der Waals surface area contributed by atoms with Crippen LogP contribution in [0.5, 0.6) is 5.75 Å². The van der Waals surface area contributed by atoms with Crippen LogP contribution in [0.2, 0.25) is 0 Å². The van der Waals surface area contributed by atoms with Crippen LogP contribution < -0.4 is 4.74 Å². The molecule has 0 spiro atoms. The predicted molar refractivity (Wildman–Crippen MR) is 67.3 cm³/mol. The number of rotatable bonds is 5. The van der Waals surface area contributed by atoms with Crippen molar-refractivity contribution in [1.82, 2.24) is 0 Å². The molecule has 20 heavy (non-hydrogen) atoms. The van der Waals surface area contributed by atoms with Gasteiger partial charge in [-0.3, -0.25) is 4.55 Å². The van der Waals surface area contributed by atoms with E-state index in [1.54, 1.807) is 12.1 Å². The Hall–Kier alpha value is -1.54.